The molecule has 0 atom stereocenters. The smallest absolute Gasteiger partial charge is 0.290 e. The molecule has 6 heteroatoms. The van der Waals surface area contributed by atoms with Gasteiger partial charge in [-0.25, -0.2) is 4.79 Å². The van der Waals surface area contributed by atoms with Crippen LogP contribution in [0.15, 0.2) is 14.6 Å². The predicted octanol–water partition coefficient (Wildman–Crippen LogP) is 0.990. The number of nitrogens with zero attached hydrogens (tertiary/aromatic N) is 3. The van der Waals surface area contributed by atoms with E-state index in [0.29, 0.717) is 10.3 Å². The molecule has 0 amide bonds. The molecular weight excluding hydrogens is 250 g/mol. The van der Waals surface area contributed by atoms with Crippen LogP contribution in [0.2, 0.25) is 0 Å². The van der Waals surface area contributed by atoms with Crippen LogP contribution in [0.1, 0.15) is 31.2 Å². The van der Waals surface area contributed by atoms with Crippen LogP contribution < -0.4 is 11.2 Å². The van der Waals surface area contributed by atoms with Crippen molar-refractivity contribution in [3.63, 3.8) is 0 Å². The van der Waals surface area contributed by atoms with Gasteiger partial charge in [0, 0.05) is 19.3 Å². The van der Waals surface area contributed by atoms with Crippen LogP contribution in [0.25, 0.3) is 0 Å². The molecule has 1 aliphatic carbocycles. The van der Waals surface area contributed by atoms with Crippen LogP contribution in [0.4, 0.5) is 0 Å². The molecule has 1 aromatic rings. The summed E-state index contributed by atoms with van der Waals surface area (Å²) < 4.78 is 2.39. The van der Waals surface area contributed by atoms with Gasteiger partial charge in [0.1, 0.15) is 16.7 Å². The second-order valence-electron chi connectivity index (χ2n) is 4.52. The summed E-state index contributed by atoms with van der Waals surface area (Å²) in [6.45, 7) is 0. The number of hydrogen-bond donors (Lipinski definition) is 0. The summed E-state index contributed by atoms with van der Waals surface area (Å²) in [4.78, 5) is 23.7. The molecule has 0 saturated heterocycles. The first-order chi connectivity index (χ1) is 8.56. The number of aromatic nitrogens is 2. The Hall–Kier alpha value is -1.48. The zero-order chi connectivity index (χ0) is 13.3. The van der Waals surface area contributed by atoms with Crippen molar-refractivity contribution < 1.29 is 0 Å². The van der Waals surface area contributed by atoms with Gasteiger partial charge in [0.2, 0.25) is 0 Å². The summed E-state index contributed by atoms with van der Waals surface area (Å²) in [5.74, 6) is 0. The molecule has 1 saturated carbocycles. The van der Waals surface area contributed by atoms with Gasteiger partial charge in [-0.3, -0.25) is 13.9 Å². The highest BCUT2D eigenvalue weighted by molar-refractivity contribution is 7.99. The van der Waals surface area contributed by atoms with Crippen LogP contribution in [0.5, 0.6) is 0 Å². The third-order valence-corrected chi connectivity index (χ3v) is 4.81. The van der Waals surface area contributed by atoms with Crippen molar-refractivity contribution in [3.8, 4) is 6.07 Å². The van der Waals surface area contributed by atoms with Crippen molar-refractivity contribution in [2.45, 2.75) is 36.0 Å². The molecule has 1 aliphatic rings. The van der Waals surface area contributed by atoms with Gasteiger partial charge in [-0.15, -0.1) is 11.8 Å². The quantitative estimate of drug-likeness (QED) is 0.748. The van der Waals surface area contributed by atoms with Gasteiger partial charge in [0.05, 0.1) is 0 Å². The molecule has 1 aromatic heterocycles. The largest absolute Gasteiger partial charge is 0.331 e. The van der Waals surface area contributed by atoms with E-state index in [0.717, 1.165) is 17.4 Å². The Morgan fingerprint density at radius 2 is 1.83 bits per heavy atom. The van der Waals surface area contributed by atoms with Crippen LogP contribution >= 0.6 is 11.8 Å². The Balaban J connectivity index is 2.55. The van der Waals surface area contributed by atoms with E-state index < -0.39 is 5.56 Å². The number of rotatable bonds is 2. The Kier molecular flexibility index (Phi) is 3.62. The summed E-state index contributed by atoms with van der Waals surface area (Å²) in [6.07, 6.45) is 4.52. The molecule has 2 rings (SSSR count). The summed E-state index contributed by atoms with van der Waals surface area (Å²) in [5, 5.41) is 10.0. The van der Waals surface area contributed by atoms with Gasteiger partial charge in [-0.1, -0.05) is 12.8 Å². The van der Waals surface area contributed by atoms with Crippen LogP contribution in [0.3, 0.4) is 0 Å². The molecule has 0 unspecified atom stereocenters. The van der Waals surface area contributed by atoms with E-state index in [1.165, 1.54) is 36.2 Å². The first-order valence-corrected chi connectivity index (χ1v) is 6.81. The Morgan fingerprint density at radius 1 is 1.22 bits per heavy atom. The summed E-state index contributed by atoms with van der Waals surface area (Å²) in [5.41, 5.74) is -0.794. The normalized spacial score (nSPS) is 15.8. The van der Waals surface area contributed by atoms with Gasteiger partial charge < -0.3 is 0 Å². The molecule has 1 heterocycles. The second-order valence-corrected chi connectivity index (χ2v) is 5.81. The molecule has 5 nitrogen and oxygen atoms in total. The molecular formula is C12H15N3O2S. The van der Waals surface area contributed by atoms with E-state index in [9.17, 15) is 9.59 Å². The molecule has 0 bridgehead atoms. The number of thioether (sulfide) groups is 1. The fourth-order valence-electron chi connectivity index (χ4n) is 2.22. The molecule has 18 heavy (non-hydrogen) atoms. The van der Waals surface area contributed by atoms with Crippen molar-refractivity contribution in [3.05, 3.63) is 26.4 Å². The van der Waals surface area contributed by atoms with E-state index in [4.69, 9.17) is 5.26 Å². The minimum absolute atomic E-state index is 0.0801. The van der Waals surface area contributed by atoms with E-state index in [1.54, 1.807) is 7.05 Å². The third kappa shape index (κ3) is 2.10. The first kappa shape index (κ1) is 13.0. The highest BCUT2D eigenvalue weighted by Gasteiger charge is 2.22. The van der Waals surface area contributed by atoms with Crippen molar-refractivity contribution in [2.24, 2.45) is 14.1 Å². The topological polar surface area (TPSA) is 67.8 Å². The highest BCUT2D eigenvalue weighted by Crippen LogP contribution is 2.34. The lowest BCUT2D eigenvalue weighted by atomic mass is 10.3. The SMILES string of the molecule is Cn1c(SC2CCCC2)c(C#N)c(=O)n(C)c1=O. The summed E-state index contributed by atoms with van der Waals surface area (Å²) >= 11 is 1.49. The van der Waals surface area contributed by atoms with Gasteiger partial charge >= 0.3 is 5.69 Å². The van der Waals surface area contributed by atoms with Crippen LogP contribution in [-0.4, -0.2) is 14.4 Å². The van der Waals surface area contributed by atoms with Crippen molar-refractivity contribution in [1.82, 2.24) is 9.13 Å². The standard InChI is InChI=1S/C12H15N3O2S/c1-14-10(16)9(7-13)11(15(2)12(14)17)18-8-5-3-4-6-8/h8H,3-6H2,1-2H3. The van der Waals surface area contributed by atoms with E-state index >= 15 is 0 Å². The average Bonchev–Trinajstić information content (AvgIpc) is 2.87. The molecule has 1 fully saturated rings. The fourth-order valence-corrected chi connectivity index (χ4v) is 3.60. The highest BCUT2D eigenvalue weighted by atomic mass is 32.2. The maximum absolute atomic E-state index is 11.9. The molecule has 0 aliphatic heterocycles. The van der Waals surface area contributed by atoms with Crippen molar-refractivity contribution in [1.29, 1.82) is 5.26 Å². The lowest BCUT2D eigenvalue weighted by Gasteiger charge is -2.14. The van der Waals surface area contributed by atoms with Gasteiger partial charge in [0.25, 0.3) is 5.56 Å². The lowest BCUT2D eigenvalue weighted by molar-refractivity contribution is 0.629. The first-order valence-electron chi connectivity index (χ1n) is 5.93. The molecule has 0 spiro atoms. The van der Waals surface area contributed by atoms with Gasteiger partial charge in [-0.2, -0.15) is 5.26 Å². The third-order valence-electron chi connectivity index (χ3n) is 3.30. The van der Waals surface area contributed by atoms with Crippen LogP contribution in [0, 0.1) is 11.3 Å². The molecule has 0 N–H and O–H groups in total. The van der Waals surface area contributed by atoms with E-state index in [2.05, 4.69) is 0 Å². The molecule has 0 radical (unpaired) electrons. The Bertz CT molecular complexity index is 618. The average molecular weight is 265 g/mol. The zero-order valence-corrected chi connectivity index (χ0v) is 11.3. The van der Waals surface area contributed by atoms with Gasteiger partial charge in [-0.05, 0) is 12.8 Å². The lowest BCUT2D eigenvalue weighted by Crippen LogP contribution is -2.39. The summed E-state index contributed by atoms with van der Waals surface area (Å²) in [7, 11) is 3.01. The van der Waals surface area contributed by atoms with Crippen LogP contribution in [-0.2, 0) is 14.1 Å². The maximum atomic E-state index is 11.9. The van der Waals surface area contributed by atoms with Crippen molar-refractivity contribution in [2.75, 3.05) is 0 Å². The molecule has 0 aromatic carbocycles. The zero-order valence-electron chi connectivity index (χ0n) is 10.5. The predicted molar refractivity (Wildman–Crippen MR) is 69.8 cm³/mol. The second kappa shape index (κ2) is 5.02. The Labute approximate surface area is 109 Å². The number of hydrogen-bond acceptors (Lipinski definition) is 4. The fraction of sp³-hybridized carbons (Fsp3) is 0.583. The maximum Gasteiger partial charge on any atom is 0.331 e. The monoisotopic (exact) mass is 265 g/mol. The number of nitriles is 1. The van der Waals surface area contributed by atoms with E-state index in [1.807, 2.05) is 6.07 Å². The molecule has 96 valence electrons. The minimum atomic E-state index is -0.499. The summed E-state index contributed by atoms with van der Waals surface area (Å²) in [6, 6.07) is 1.93. The minimum Gasteiger partial charge on any atom is -0.290 e. The van der Waals surface area contributed by atoms with Crippen molar-refractivity contribution >= 4 is 11.8 Å². The van der Waals surface area contributed by atoms with E-state index in [-0.39, 0.29) is 11.3 Å². The van der Waals surface area contributed by atoms with Gasteiger partial charge in [0.15, 0.2) is 0 Å². The Morgan fingerprint density at radius 3 is 2.39 bits per heavy atom.